The summed E-state index contributed by atoms with van der Waals surface area (Å²) < 4.78 is 38.0. The number of methoxy groups -OCH3 is 1. The molecule has 1 aliphatic carbocycles. The number of hydrogen-bond donors (Lipinski definition) is 1. The predicted molar refractivity (Wildman–Crippen MR) is 122 cm³/mol. The molecule has 0 bridgehead atoms. The molecule has 8 heteroatoms. The van der Waals surface area contributed by atoms with Gasteiger partial charge in [-0.05, 0) is 55.3 Å². The van der Waals surface area contributed by atoms with Crippen molar-refractivity contribution in [1.29, 1.82) is 0 Å². The van der Waals surface area contributed by atoms with Crippen molar-refractivity contribution in [2.24, 2.45) is 0 Å². The number of imidazole rings is 1. The Labute approximate surface area is 189 Å². The first kappa shape index (κ1) is 21.6. The Hall–Kier alpha value is -3.26. The van der Waals surface area contributed by atoms with Crippen LogP contribution in [0.25, 0.3) is 33.3 Å². The first-order chi connectivity index (χ1) is 15.8. The zero-order valence-corrected chi connectivity index (χ0v) is 18.6. The molecule has 0 radical (unpaired) electrons. The van der Waals surface area contributed by atoms with Gasteiger partial charge in [0.25, 0.3) is 5.92 Å². The molecule has 0 saturated carbocycles. The molecule has 0 atom stereocenters. The summed E-state index contributed by atoms with van der Waals surface area (Å²) in [5.41, 5.74) is 5.00. The third-order valence-corrected chi connectivity index (χ3v) is 6.54. The zero-order valence-electron chi connectivity index (χ0n) is 18.6. The molecule has 2 heterocycles. The van der Waals surface area contributed by atoms with E-state index in [1.54, 1.807) is 25.3 Å². The van der Waals surface area contributed by atoms with Gasteiger partial charge in [-0.1, -0.05) is 0 Å². The average molecular weight is 453 g/mol. The maximum Gasteiger partial charge on any atom is 0.335 e. The summed E-state index contributed by atoms with van der Waals surface area (Å²) in [5, 5.41) is 10.2. The third kappa shape index (κ3) is 3.58. The molecule has 6 nitrogen and oxygen atoms in total. The Morgan fingerprint density at radius 1 is 1.18 bits per heavy atom. The predicted octanol–water partition coefficient (Wildman–Crippen LogP) is 5.15. The number of hydrogen-bond acceptors (Lipinski definition) is 3. The molecule has 1 aliphatic rings. The molecular formula is C25H25F2N3O3. The fraction of sp³-hybridized carbons (Fsp3) is 0.360. The Kier molecular flexibility index (Phi) is 5.20. The van der Waals surface area contributed by atoms with Crippen LogP contribution in [0.1, 0.15) is 35.0 Å². The lowest BCUT2D eigenvalue weighted by Crippen LogP contribution is -2.26. The molecule has 0 fully saturated rings. The number of alkyl halides is 2. The molecule has 172 valence electrons. The van der Waals surface area contributed by atoms with Crippen LogP contribution in [-0.2, 0) is 30.7 Å². The summed E-state index contributed by atoms with van der Waals surface area (Å²) in [6, 6.07) is 10.7. The number of nitrogens with zero attached hydrogens (tertiary/aromatic N) is 3. The van der Waals surface area contributed by atoms with Crippen molar-refractivity contribution in [1.82, 2.24) is 14.1 Å². The topological polar surface area (TPSA) is 69.3 Å². The molecule has 5 rings (SSSR count). The number of ether oxygens (including phenoxy) is 1. The standard InChI is InChI=1S/C25H25F2N3O3/c1-3-29-20-6-4-15(12-17(20)18-14-25(26,27)9-8-21(18)29)23-28-19-13-16(24(31)32)5-7-22(19)30(23)10-11-33-2/h4-7,12-13H,3,8-11,14H2,1-2H3,(H,31,32). The van der Waals surface area contributed by atoms with E-state index in [1.807, 2.05) is 29.7 Å². The summed E-state index contributed by atoms with van der Waals surface area (Å²) in [5.74, 6) is -3.05. The van der Waals surface area contributed by atoms with E-state index in [2.05, 4.69) is 4.57 Å². The van der Waals surface area contributed by atoms with Gasteiger partial charge in [0, 0.05) is 55.2 Å². The quantitative estimate of drug-likeness (QED) is 0.439. The molecule has 1 N–H and O–H groups in total. The number of carboxylic acid groups (broad SMARTS) is 1. The number of aryl methyl sites for hydroxylation is 1. The second-order valence-electron chi connectivity index (χ2n) is 8.52. The highest BCUT2D eigenvalue weighted by Crippen LogP contribution is 2.40. The molecule has 0 amide bonds. The number of carbonyl (C=O) groups is 1. The number of halogens is 2. The SMILES string of the molecule is CCn1c2c(c3cc(-c4nc5cc(C(=O)O)ccc5n4CCOC)ccc31)CC(F)(F)CC2. The fourth-order valence-electron chi connectivity index (χ4n) is 5.00. The van der Waals surface area contributed by atoms with Gasteiger partial charge >= 0.3 is 5.97 Å². The van der Waals surface area contributed by atoms with Crippen molar-refractivity contribution in [3.63, 3.8) is 0 Å². The zero-order chi connectivity index (χ0) is 23.3. The normalized spacial score (nSPS) is 15.3. The van der Waals surface area contributed by atoms with Crippen LogP contribution in [0.2, 0.25) is 0 Å². The van der Waals surface area contributed by atoms with Crippen LogP contribution in [0.5, 0.6) is 0 Å². The molecular weight excluding hydrogens is 428 g/mol. The number of rotatable bonds is 6. The van der Waals surface area contributed by atoms with E-state index < -0.39 is 11.9 Å². The van der Waals surface area contributed by atoms with E-state index in [0.717, 1.165) is 39.8 Å². The molecule has 2 aromatic heterocycles. The van der Waals surface area contributed by atoms with Gasteiger partial charge in [-0.3, -0.25) is 0 Å². The number of fused-ring (bicyclic) bond motifs is 4. The first-order valence-electron chi connectivity index (χ1n) is 11.1. The summed E-state index contributed by atoms with van der Waals surface area (Å²) >= 11 is 0. The van der Waals surface area contributed by atoms with Crippen LogP contribution in [0.15, 0.2) is 36.4 Å². The van der Waals surface area contributed by atoms with Crippen molar-refractivity contribution in [3.8, 4) is 11.4 Å². The first-order valence-corrected chi connectivity index (χ1v) is 11.1. The Bertz CT molecular complexity index is 1390. The Balaban J connectivity index is 1.71. The van der Waals surface area contributed by atoms with Gasteiger partial charge in [0.1, 0.15) is 5.82 Å². The summed E-state index contributed by atoms with van der Waals surface area (Å²) in [6.07, 6.45) is -0.0102. The Morgan fingerprint density at radius 2 is 1.97 bits per heavy atom. The van der Waals surface area contributed by atoms with E-state index >= 15 is 0 Å². The lowest BCUT2D eigenvalue weighted by atomic mass is 9.92. The van der Waals surface area contributed by atoms with Crippen LogP contribution < -0.4 is 0 Å². The van der Waals surface area contributed by atoms with Crippen LogP contribution in [0.4, 0.5) is 8.78 Å². The van der Waals surface area contributed by atoms with Gasteiger partial charge in [-0.15, -0.1) is 0 Å². The summed E-state index contributed by atoms with van der Waals surface area (Å²) in [6.45, 7) is 3.74. The van der Waals surface area contributed by atoms with E-state index in [-0.39, 0.29) is 18.4 Å². The number of aromatic carboxylic acids is 1. The highest BCUT2D eigenvalue weighted by molar-refractivity contribution is 5.94. The molecule has 0 saturated heterocycles. The second-order valence-corrected chi connectivity index (χ2v) is 8.52. The van der Waals surface area contributed by atoms with Crippen molar-refractivity contribution in [2.75, 3.05) is 13.7 Å². The average Bonchev–Trinajstić information content (AvgIpc) is 3.30. The minimum absolute atomic E-state index is 0.123. The molecule has 0 aliphatic heterocycles. The van der Waals surface area contributed by atoms with Gasteiger partial charge in [0.2, 0.25) is 0 Å². The largest absolute Gasteiger partial charge is 0.478 e. The van der Waals surface area contributed by atoms with Gasteiger partial charge < -0.3 is 19.0 Å². The van der Waals surface area contributed by atoms with Crippen molar-refractivity contribution in [2.45, 2.75) is 45.2 Å². The van der Waals surface area contributed by atoms with Gasteiger partial charge in [-0.25, -0.2) is 18.6 Å². The van der Waals surface area contributed by atoms with Crippen molar-refractivity contribution in [3.05, 3.63) is 53.2 Å². The van der Waals surface area contributed by atoms with Gasteiger partial charge in [0.15, 0.2) is 0 Å². The van der Waals surface area contributed by atoms with Gasteiger partial charge in [-0.2, -0.15) is 0 Å². The minimum Gasteiger partial charge on any atom is -0.478 e. The highest BCUT2D eigenvalue weighted by atomic mass is 19.3. The summed E-state index contributed by atoms with van der Waals surface area (Å²) in [7, 11) is 1.62. The number of aromatic nitrogens is 3. The molecule has 4 aromatic rings. The van der Waals surface area contributed by atoms with Crippen molar-refractivity contribution >= 4 is 27.9 Å². The molecule has 0 unspecified atom stereocenters. The maximum atomic E-state index is 14.3. The van der Waals surface area contributed by atoms with E-state index in [1.165, 1.54) is 0 Å². The van der Waals surface area contributed by atoms with Crippen molar-refractivity contribution < 1.29 is 23.4 Å². The van der Waals surface area contributed by atoms with Crippen LogP contribution in [-0.4, -0.2) is 44.8 Å². The molecule has 0 spiro atoms. The minimum atomic E-state index is -2.70. The smallest absolute Gasteiger partial charge is 0.335 e. The Morgan fingerprint density at radius 3 is 2.70 bits per heavy atom. The molecule has 33 heavy (non-hydrogen) atoms. The monoisotopic (exact) mass is 453 g/mol. The van der Waals surface area contributed by atoms with Gasteiger partial charge in [0.05, 0.1) is 23.2 Å². The van der Waals surface area contributed by atoms with Crippen LogP contribution in [0.3, 0.4) is 0 Å². The second kappa shape index (κ2) is 7.95. The van der Waals surface area contributed by atoms with Crippen LogP contribution in [0, 0.1) is 0 Å². The van der Waals surface area contributed by atoms with E-state index in [4.69, 9.17) is 9.72 Å². The lowest BCUT2D eigenvalue weighted by Gasteiger charge is -2.23. The third-order valence-electron chi connectivity index (χ3n) is 6.54. The lowest BCUT2D eigenvalue weighted by molar-refractivity contribution is -0.0125. The maximum absolute atomic E-state index is 14.3. The fourth-order valence-corrected chi connectivity index (χ4v) is 5.00. The number of carboxylic acids is 1. The molecule has 2 aromatic carbocycles. The van der Waals surface area contributed by atoms with E-state index in [9.17, 15) is 18.7 Å². The van der Waals surface area contributed by atoms with Crippen LogP contribution >= 0.6 is 0 Å². The summed E-state index contributed by atoms with van der Waals surface area (Å²) in [4.78, 5) is 16.2. The number of benzene rings is 2. The van der Waals surface area contributed by atoms with E-state index in [0.29, 0.717) is 30.9 Å². The highest BCUT2D eigenvalue weighted by Gasteiger charge is 2.37.